The molecule has 1 saturated carbocycles. The highest BCUT2D eigenvalue weighted by molar-refractivity contribution is 5.75. The molecule has 0 aliphatic heterocycles. The number of nitrogens with zero attached hydrogens (tertiary/aromatic N) is 3. The Morgan fingerprint density at radius 2 is 1.65 bits per heavy atom. The highest BCUT2D eigenvalue weighted by Gasteiger charge is 2.23. The number of benzene rings is 2. The van der Waals surface area contributed by atoms with Gasteiger partial charge in [0.05, 0.1) is 17.6 Å². The lowest BCUT2D eigenvalue weighted by molar-refractivity contribution is 0.391. The van der Waals surface area contributed by atoms with Gasteiger partial charge in [-0.25, -0.2) is 9.50 Å². The van der Waals surface area contributed by atoms with Gasteiger partial charge < -0.3 is 21.5 Å². The molecule has 0 bridgehead atoms. The molecule has 0 atom stereocenters. The van der Waals surface area contributed by atoms with E-state index in [1.54, 1.807) is 4.52 Å². The van der Waals surface area contributed by atoms with Crippen molar-refractivity contribution < 1.29 is 4.74 Å². The maximum atomic E-state index is 6.06. The van der Waals surface area contributed by atoms with E-state index in [0.717, 1.165) is 59.9 Å². The molecule has 4 aromatic rings. The van der Waals surface area contributed by atoms with E-state index in [1.807, 2.05) is 66.9 Å². The zero-order valence-electron chi connectivity index (χ0n) is 17.2. The Morgan fingerprint density at radius 3 is 2.39 bits per heavy atom. The molecule has 158 valence electrons. The number of rotatable bonds is 5. The molecule has 5 rings (SSSR count). The summed E-state index contributed by atoms with van der Waals surface area (Å²) in [5.74, 6) is 2.44. The lowest BCUT2D eigenvalue weighted by Crippen LogP contribution is -2.25. The number of anilines is 3. The molecule has 0 unspecified atom stereocenters. The molecule has 0 spiro atoms. The van der Waals surface area contributed by atoms with Gasteiger partial charge in [-0.05, 0) is 62.1 Å². The minimum atomic E-state index is 0.313. The van der Waals surface area contributed by atoms with Crippen LogP contribution >= 0.6 is 0 Å². The Labute approximate surface area is 181 Å². The number of hydrogen-bond donors (Lipinski definition) is 3. The molecule has 5 N–H and O–H groups in total. The fourth-order valence-electron chi connectivity index (χ4n) is 4.10. The highest BCUT2D eigenvalue weighted by Crippen LogP contribution is 2.33. The predicted octanol–water partition coefficient (Wildman–Crippen LogP) is 4.83. The Bertz CT molecular complexity index is 1160. The molecule has 31 heavy (non-hydrogen) atoms. The molecule has 1 fully saturated rings. The average Bonchev–Trinajstić information content (AvgIpc) is 3.20. The number of nitrogens with one attached hydrogen (secondary N) is 1. The molecule has 1 aliphatic rings. The van der Waals surface area contributed by atoms with Gasteiger partial charge in [0.15, 0.2) is 5.65 Å². The van der Waals surface area contributed by atoms with E-state index in [9.17, 15) is 0 Å². The molecule has 2 aromatic heterocycles. The van der Waals surface area contributed by atoms with Crippen molar-refractivity contribution in [3.63, 3.8) is 0 Å². The standard InChI is InChI=1S/C24H26N6O/c25-17-8-6-16(7-9-17)22-15-30-24(28-22)21(14-23(26)29-30)27-18-10-12-20(13-11-18)31-19-4-2-1-3-5-19/h1-5,10-17,27H,6-9,25H2,(H2,26,29)/t16-,17+. The van der Waals surface area contributed by atoms with Gasteiger partial charge in [0.2, 0.25) is 0 Å². The zero-order chi connectivity index (χ0) is 21.2. The van der Waals surface area contributed by atoms with Crippen molar-refractivity contribution in [1.82, 2.24) is 14.6 Å². The van der Waals surface area contributed by atoms with Gasteiger partial charge in [-0.3, -0.25) is 0 Å². The van der Waals surface area contributed by atoms with Crippen molar-refractivity contribution in [2.24, 2.45) is 5.73 Å². The number of imidazole rings is 1. The number of nitrogens with two attached hydrogens (primary N) is 2. The molecule has 1 aliphatic carbocycles. The Morgan fingerprint density at radius 1 is 0.935 bits per heavy atom. The average molecular weight is 415 g/mol. The second kappa shape index (κ2) is 8.28. The molecule has 0 radical (unpaired) electrons. The van der Waals surface area contributed by atoms with Crippen LogP contribution in [-0.4, -0.2) is 20.6 Å². The number of para-hydroxylation sites is 1. The third-order valence-corrected chi connectivity index (χ3v) is 5.77. The van der Waals surface area contributed by atoms with E-state index < -0.39 is 0 Å². The summed E-state index contributed by atoms with van der Waals surface area (Å²) in [6.07, 6.45) is 6.20. The SMILES string of the molecule is Nc1cc(Nc2ccc(Oc3ccccc3)cc2)c2nc([C@H]3CC[C@@H](N)CC3)cn2n1. The van der Waals surface area contributed by atoms with Crippen molar-refractivity contribution in [3.8, 4) is 11.5 Å². The lowest BCUT2D eigenvalue weighted by atomic mass is 9.85. The van der Waals surface area contributed by atoms with Crippen LogP contribution in [0.15, 0.2) is 66.9 Å². The first-order valence-corrected chi connectivity index (χ1v) is 10.7. The summed E-state index contributed by atoms with van der Waals surface area (Å²) in [5, 5.41) is 7.84. The molecule has 2 heterocycles. The van der Waals surface area contributed by atoms with E-state index in [0.29, 0.717) is 17.8 Å². The summed E-state index contributed by atoms with van der Waals surface area (Å²) >= 11 is 0. The third kappa shape index (κ3) is 4.32. The predicted molar refractivity (Wildman–Crippen MR) is 123 cm³/mol. The van der Waals surface area contributed by atoms with Crippen molar-refractivity contribution in [1.29, 1.82) is 0 Å². The van der Waals surface area contributed by atoms with Crippen LogP contribution in [-0.2, 0) is 0 Å². The number of hydrogen-bond acceptors (Lipinski definition) is 6. The van der Waals surface area contributed by atoms with Crippen LogP contribution in [0.5, 0.6) is 11.5 Å². The summed E-state index contributed by atoms with van der Waals surface area (Å²) in [5.41, 5.74) is 15.7. The summed E-state index contributed by atoms with van der Waals surface area (Å²) in [7, 11) is 0. The number of nitrogen functional groups attached to an aromatic ring is 1. The van der Waals surface area contributed by atoms with Crippen LogP contribution in [0.25, 0.3) is 5.65 Å². The maximum absolute atomic E-state index is 6.06. The largest absolute Gasteiger partial charge is 0.457 e. The van der Waals surface area contributed by atoms with Crippen LogP contribution < -0.4 is 21.5 Å². The Hall–Kier alpha value is -3.58. The highest BCUT2D eigenvalue weighted by atomic mass is 16.5. The normalized spacial score (nSPS) is 18.7. The van der Waals surface area contributed by atoms with Gasteiger partial charge in [-0.2, -0.15) is 0 Å². The quantitative estimate of drug-likeness (QED) is 0.432. The number of aromatic nitrogens is 3. The molecule has 7 nitrogen and oxygen atoms in total. The van der Waals surface area contributed by atoms with Crippen LogP contribution in [0, 0.1) is 0 Å². The first kappa shape index (κ1) is 19.4. The Kier molecular flexibility index (Phi) is 5.18. The van der Waals surface area contributed by atoms with Crippen molar-refractivity contribution in [2.45, 2.75) is 37.6 Å². The molecule has 0 amide bonds. The van der Waals surface area contributed by atoms with Crippen molar-refractivity contribution >= 4 is 22.8 Å². The lowest BCUT2D eigenvalue weighted by Gasteiger charge is -2.24. The van der Waals surface area contributed by atoms with E-state index in [-0.39, 0.29) is 0 Å². The second-order valence-corrected chi connectivity index (χ2v) is 8.09. The first-order valence-electron chi connectivity index (χ1n) is 10.7. The van der Waals surface area contributed by atoms with Crippen LogP contribution in [0.1, 0.15) is 37.3 Å². The number of fused-ring (bicyclic) bond motifs is 1. The van der Waals surface area contributed by atoms with Crippen molar-refractivity contribution in [2.75, 3.05) is 11.1 Å². The second-order valence-electron chi connectivity index (χ2n) is 8.09. The van der Waals surface area contributed by atoms with Gasteiger partial charge >= 0.3 is 0 Å². The number of ether oxygens (including phenoxy) is 1. The van der Waals surface area contributed by atoms with E-state index >= 15 is 0 Å². The molecule has 7 heteroatoms. The monoisotopic (exact) mass is 414 g/mol. The maximum Gasteiger partial charge on any atom is 0.177 e. The summed E-state index contributed by atoms with van der Waals surface area (Å²) in [4.78, 5) is 4.89. The molecule has 2 aromatic carbocycles. The van der Waals surface area contributed by atoms with E-state index in [4.69, 9.17) is 21.2 Å². The van der Waals surface area contributed by atoms with Crippen LogP contribution in [0.2, 0.25) is 0 Å². The van der Waals surface area contributed by atoms with Gasteiger partial charge in [0.25, 0.3) is 0 Å². The zero-order valence-corrected chi connectivity index (χ0v) is 17.2. The van der Waals surface area contributed by atoms with Crippen molar-refractivity contribution in [3.05, 3.63) is 72.6 Å². The third-order valence-electron chi connectivity index (χ3n) is 5.77. The van der Waals surface area contributed by atoms with Gasteiger partial charge in [0, 0.05) is 23.7 Å². The fourth-order valence-corrected chi connectivity index (χ4v) is 4.10. The molecular weight excluding hydrogens is 388 g/mol. The topological polar surface area (TPSA) is 103 Å². The van der Waals surface area contributed by atoms with Crippen LogP contribution in [0.3, 0.4) is 0 Å². The molecule has 0 saturated heterocycles. The Balaban J connectivity index is 1.37. The fraction of sp³-hybridized carbons (Fsp3) is 0.250. The van der Waals surface area contributed by atoms with E-state index in [1.165, 1.54) is 0 Å². The minimum Gasteiger partial charge on any atom is -0.457 e. The van der Waals surface area contributed by atoms with Gasteiger partial charge in [0.1, 0.15) is 17.3 Å². The smallest absolute Gasteiger partial charge is 0.177 e. The van der Waals surface area contributed by atoms with Gasteiger partial charge in [-0.15, -0.1) is 5.10 Å². The summed E-state index contributed by atoms with van der Waals surface area (Å²) < 4.78 is 7.64. The van der Waals surface area contributed by atoms with Gasteiger partial charge in [-0.1, -0.05) is 18.2 Å². The minimum absolute atomic E-state index is 0.313. The summed E-state index contributed by atoms with van der Waals surface area (Å²) in [6, 6.07) is 19.6. The van der Waals surface area contributed by atoms with Crippen LogP contribution in [0.4, 0.5) is 17.2 Å². The summed E-state index contributed by atoms with van der Waals surface area (Å²) in [6.45, 7) is 0. The first-order chi connectivity index (χ1) is 15.1. The molecular formula is C24H26N6O. The van der Waals surface area contributed by atoms with E-state index in [2.05, 4.69) is 10.4 Å².